The smallest absolute Gasteiger partial charge is 0.188 e. The zero-order valence-corrected chi connectivity index (χ0v) is 32.7. The number of hydrogen-bond donors (Lipinski definition) is 0. The molecule has 60 heavy (non-hydrogen) atoms. The molecule has 0 aliphatic carbocycles. The van der Waals surface area contributed by atoms with Crippen LogP contribution in [0.15, 0.2) is 146 Å². The van der Waals surface area contributed by atoms with Crippen molar-refractivity contribution in [3.8, 4) is 92.8 Å². The maximum atomic E-state index is 6.44. The lowest BCUT2D eigenvalue weighted by Crippen LogP contribution is -2.06. The van der Waals surface area contributed by atoms with Crippen molar-refractivity contribution in [2.45, 2.75) is 0 Å². The molecular weight excluding hydrogens is 745 g/mol. The zero-order valence-electron chi connectivity index (χ0n) is 32.7. The highest BCUT2D eigenvalue weighted by molar-refractivity contribution is 6.11. The summed E-state index contributed by atoms with van der Waals surface area (Å²) < 4.78 is 23.8. The van der Waals surface area contributed by atoms with Gasteiger partial charge in [0.2, 0.25) is 0 Å². The second-order valence-electron chi connectivity index (χ2n) is 13.1. The predicted octanol–water partition coefficient (Wildman–Crippen LogP) is 9.35. The maximum absolute atomic E-state index is 6.44. The van der Waals surface area contributed by atoms with Gasteiger partial charge in [-0.3, -0.25) is 19.9 Å². The molecule has 0 radical (unpaired) electrons. The van der Waals surface area contributed by atoms with Crippen LogP contribution in [-0.4, -0.2) is 47.7 Å². The van der Waals surface area contributed by atoms with Crippen molar-refractivity contribution in [1.82, 2.24) is 19.9 Å². The van der Waals surface area contributed by atoms with Crippen molar-refractivity contribution in [3.05, 3.63) is 168 Å². The van der Waals surface area contributed by atoms with Gasteiger partial charge in [0.1, 0.15) is 11.5 Å². The van der Waals surface area contributed by atoms with E-state index in [2.05, 4.69) is 79.4 Å². The first-order chi connectivity index (χ1) is 29.7. The topological polar surface area (TPSA) is 88.5 Å². The molecule has 0 unspecified atom stereocenters. The minimum absolute atomic E-state index is 0.0288. The molecule has 4 aromatic carbocycles. The third kappa shape index (κ3) is 8.83. The lowest BCUT2D eigenvalue weighted by Gasteiger charge is -2.21. The molecule has 8 heteroatoms. The van der Waals surface area contributed by atoms with Gasteiger partial charge >= 0.3 is 0 Å². The molecule has 0 aliphatic rings. The summed E-state index contributed by atoms with van der Waals surface area (Å²) >= 11 is 0. The molecule has 8 nitrogen and oxygen atoms in total. The van der Waals surface area contributed by atoms with Crippen LogP contribution in [0.3, 0.4) is 0 Å². The van der Waals surface area contributed by atoms with E-state index in [-0.39, 0.29) is 13.6 Å². The standard InChI is InChI=1S/C52H34N4O4/c1-57-35-59-51-41(19-5-3-15-37-25-27-47(55-33-37)45-23-11-13-29-53-45)31-39-17-7-9-21-43(39)49(51)50-44-22-10-8-18-40(44)32-42(52(50)60-36-58-2)20-6-4-16-38-26-28-48(56-34-38)46-24-12-14-30-54-46/h7-14,17-18,21-34H,35-36H2,1-2H3. The van der Waals surface area contributed by atoms with Gasteiger partial charge in [-0.2, -0.15) is 0 Å². The first kappa shape index (κ1) is 38.6. The number of pyridine rings is 4. The fraction of sp³-hybridized carbons (Fsp3) is 0.0769. The van der Waals surface area contributed by atoms with Crippen LogP contribution < -0.4 is 9.47 Å². The number of ether oxygens (including phenoxy) is 4. The average molecular weight is 779 g/mol. The fourth-order valence-corrected chi connectivity index (χ4v) is 6.55. The Balaban J connectivity index is 1.23. The minimum Gasteiger partial charge on any atom is -0.466 e. The second kappa shape index (κ2) is 18.8. The number of nitrogens with zero attached hydrogens (tertiary/aromatic N) is 4. The van der Waals surface area contributed by atoms with E-state index >= 15 is 0 Å². The van der Waals surface area contributed by atoms with Crippen LogP contribution in [-0.2, 0) is 9.47 Å². The van der Waals surface area contributed by atoms with E-state index in [1.54, 1.807) is 39.0 Å². The molecule has 8 rings (SSSR count). The first-order valence-corrected chi connectivity index (χ1v) is 18.8. The third-order valence-corrected chi connectivity index (χ3v) is 9.21. The molecule has 0 saturated carbocycles. The number of aromatic nitrogens is 4. The van der Waals surface area contributed by atoms with Crippen molar-refractivity contribution in [2.75, 3.05) is 27.8 Å². The molecule has 0 fully saturated rings. The van der Waals surface area contributed by atoms with Crippen LogP contribution in [0, 0.1) is 47.4 Å². The Morgan fingerprint density at radius 3 is 1.25 bits per heavy atom. The number of hydrogen-bond acceptors (Lipinski definition) is 8. The summed E-state index contributed by atoms with van der Waals surface area (Å²) in [5.74, 6) is 25.9. The van der Waals surface area contributed by atoms with Crippen molar-refractivity contribution in [1.29, 1.82) is 0 Å². The summed E-state index contributed by atoms with van der Waals surface area (Å²) in [7, 11) is 3.16. The Bertz CT molecular complexity index is 2860. The predicted molar refractivity (Wildman–Crippen MR) is 234 cm³/mol. The minimum atomic E-state index is -0.0288. The van der Waals surface area contributed by atoms with E-state index in [0.29, 0.717) is 22.6 Å². The molecule has 286 valence electrons. The van der Waals surface area contributed by atoms with Crippen molar-refractivity contribution >= 4 is 21.5 Å². The fourth-order valence-electron chi connectivity index (χ4n) is 6.55. The summed E-state index contributed by atoms with van der Waals surface area (Å²) in [6.07, 6.45) is 6.91. The highest BCUT2D eigenvalue weighted by Gasteiger charge is 2.24. The van der Waals surface area contributed by atoms with Crippen LogP contribution in [0.25, 0.3) is 55.4 Å². The highest BCUT2D eigenvalue weighted by atomic mass is 16.7. The summed E-state index contributed by atoms with van der Waals surface area (Å²) in [6, 6.07) is 39.2. The lowest BCUT2D eigenvalue weighted by atomic mass is 9.88. The van der Waals surface area contributed by atoms with Gasteiger partial charge in [0.05, 0.1) is 33.9 Å². The number of fused-ring (bicyclic) bond motifs is 2. The highest BCUT2D eigenvalue weighted by Crippen LogP contribution is 2.48. The molecule has 0 saturated heterocycles. The third-order valence-electron chi connectivity index (χ3n) is 9.21. The van der Waals surface area contributed by atoms with Gasteiger partial charge in [-0.05, 0) is 118 Å². The monoisotopic (exact) mass is 778 g/mol. The summed E-state index contributed by atoms with van der Waals surface area (Å²) in [4.78, 5) is 17.8. The number of benzene rings is 4. The van der Waals surface area contributed by atoms with Crippen LogP contribution in [0.1, 0.15) is 22.3 Å². The van der Waals surface area contributed by atoms with Gasteiger partial charge in [-0.1, -0.05) is 72.5 Å². The molecule has 0 atom stereocenters. The second-order valence-corrected chi connectivity index (χ2v) is 13.1. The van der Waals surface area contributed by atoms with Gasteiger partial charge in [0.25, 0.3) is 0 Å². The van der Waals surface area contributed by atoms with E-state index in [0.717, 1.165) is 66.6 Å². The average Bonchev–Trinajstić information content (AvgIpc) is 3.31. The van der Waals surface area contributed by atoms with Gasteiger partial charge in [-0.25, -0.2) is 0 Å². The van der Waals surface area contributed by atoms with Gasteiger partial charge in [-0.15, -0.1) is 0 Å². The van der Waals surface area contributed by atoms with Gasteiger partial charge in [0, 0.05) is 61.3 Å². The number of rotatable bonds is 9. The van der Waals surface area contributed by atoms with E-state index in [1.165, 1.54) is 0 Å². The molecule has 4 aromatic heterocycles. The maximum Gasteiger partial charge on any atom is 0.188 e. The zero-order chi connectivity index (χ0) is 40.9. The van der Waals surface area contributed by atoms with Crippen molar-refractivity contribution < 1.29 is 18.9 Å². The lowest BCUT2D eigenvalue weighted by molar-refractivity contribution is 0.0500. The van der Waals surface area contributed by atoms with E-state index in [1.807, 2.05) is 109 Å². The molecule has 4 heterocycles. The van der Waals surface area contributed by atoms with E-state index in [9.17, 15) is 0 Å². The Kier molecular flexibility index (Phi) is 12.1. The molecular formula is C52H34N4O4. The van der Waals surface area contributed by atoms with Crippen LogP contribution >= 0.6 is 0 Å². The quantitative estimate of drug-likeness (QED) is 0.106. The summed E-state index contributed by atoms with van der Waals surface area (Å²) in [5.41, 5.74) is 7.31. The Morgan fingerprint density at radius 2 is 0.850 bits per heavy atom. The number of methoxy groups -OCH3 is 2. The molecule has 0 bridgehead atoms. The Morgan fingerprint density at radius 1 is 0.433 bits per heavy atom. The van der Waals surface area contributed by atoms with Crippen LogP contribution in [0.2, 0.25) is 0 Å². The Hall–Kier alpha value is -8.24. The summed E-state index contributed by atoms with van der Waals surface area (Å²) in [6.45, 7) is -0.0576. The molecule has 8 aromatic rings. The largest absolute Gasteiger partial charge is 0.466 e. The molecule has 0 spiro atoms. The molecule has 0 amide bonds. The molecule has 0 N–H and O–H groups in total. The summed E-state index contributed by atoms with van der Waals surface area (Å²) in [5, 5.41) is 3.71. The van der Waals surface area contributed by atoms with Gasteiger partial charge < -0.3 is 18.9 Å². The molecule has 0 aliphatic heterocycles. The Labute approximate surface area is 348 Å². The van der Waals surface area contributed by atoms with Crippen LogP contribution in [0.4, 0.5) is 0 Å². The van der Waals surface area contributed by atoms with Crippen molar-refractivity contribution in [3.63, 3.8) is 0 Å². The normalized spacial score (nSPS) is 10.2. The van der Waals surface area contributed by atoms with Gasteiger partial charge in [0.15, 0.2) is 13.6 Å². The van der Waals surface area contributed by atoms with E-state index in [4.69, 9.17) is 18.9 Å². The SMILES string of the molecule is COCOc1c(C#CC#Cc2ccc(-c3ccccn3)nc2)cc2ccccc2c1-c1c(OCOC)c(C#CC#Cc2ccc(-c3ccccn3)nc2)cc2ccccc12. The van der Waals surface area contributed by atoms with E-state index < -0.39 is 0 Å². The first-order valence-electron chi connectivity index (χ1n) is 18.8. The van der Waals surface area contributed by atoms with Crippen molar-refractivity contribution in [2.24, 2.45) is 0 Å². The van der Waals surface area contributed by atoms with Crippen LogP contribution in [0.5, 0.6) is 11.5 Å².